The molecule has 0 amide bonds. The molecule has 0 saturated heterocycles. The molecule has 0 spiro atoms. The molecule has 2 heterocycles. The van der Waals surface area contributed by atoms with Gasteiger partial charge in [0.15, 0.2) is 5.82 Å². The molecule has 4 rings (SSSR count). The van der Waals surface area contributed by atoms with Gasteiger partial charge in [0.25, 0.3) is 0 Å². The van der Waals surface area contributed by atoms with Crippen LogP contribution in [0.25, 0.3) is 5.69 Å². The maximum atomic E-state index is 11.8. The van der Waals surface area contributed by atoms with Gasteiger partial charge in [-0.25, -0.2) is 4.79 Å². The Bertz CT molecular complexity index is 993. The van der Waals surface area contributed by atoms with Crippen LogP contribution < -0.4 is 4.90 Å². The summed E-state index contributed by atoms with van der Waals surface area (Å²) in [6.45, 7) is 5.33. The number of nitrogens with zero attached hydrogens (tertiary/aromatic N) is 4. The summed E-state index contributed by atoms with van der Waals surface area (Å²) in [5.74, 6) is -0.636. The van der Waals surface area contributed by atoms with Gasteiger partial charge in [0.05, 0.1) is 5.69 Å². The van der Waals surface area contributed by atoms with Crippen LogP contribution in [0.15, 0.2) is 42.5 Å². The van der Waals surface area contributed by atoms with Crippen LogP contribution in [0.3, 0.4) is 0 Å². The van der Waals surface area contributed by atoms with Crippen LogP contribution in [0, 0.1) is 13.8 Å². The van der Waals surface area contributed by atoms with Crippen LogP contribution in [0.1, 0.15) is 32.7 Å². The van der Waals surface area contributed by atoms with Crippen molar-refractivity contribution < 1.29 is 9.90 Å². The molecule has 0 aliphatic carbocycles. The molecule has 1 aliphatic heterocycles. The second-order valence-electron chi connectivity index (χ2n) is 6.70. The van der Waals surface area contributed by atoms with E-state index < -0.39 is 5.97 Å². The number of aromatic nitrogens is 3. The van der Waals surface area contributed by atoms with Crippen LogP contribution in [0.5, 0.6) is 0 Å². The number of carbonyl (C=O) groups is 1. The van der Waals surface area contributed by atoms with Gasteiger partial charge >= 0.3 is 5.97 Å². The molecule has 0 saturated carbocycles. The van der Waals surface area contributed by atoms with E-state index in [1.807, 2.05) is 49.1 Å². The lowest BCUT2D eigenvalue weighted by atomic mass is 10.00. The average molecular weight is 348 g/mol. The largest absolute Gasteiger partial charge is 0.476 e. The molecule has 0 radical (unpaired) electrons. The molecule has 0 fully saturated rings. The predicted molar refractivity (Wildman–Crippen MR) is 99.0 cm³/mol. The van der Waals surface area contributed by atoms with Crippen molar-refractivity contribution >= 4 is 11.8 Å². The van der Waals surface area contributed by atoms with Crippen molar-refractivity contribution in [3.05, 3.63) is 70.4 Å². The molecule has 2 aromatic carbocycles. The van der Waals surface area contributed by atoms with Crippen LogP contribution in [-0.4, -0.2) is 32.6 Å². The summed E-state index contributed by atoms with van der Waals surface area (Å²) < 4.78 is 0. The lowest BCUT2D eigenvalue weighted by Gasteiger charge is -2.28. The Balaban J connectivity index is 1.76. The lowest BCUT2D eigenvalue weighted by Crippen LogP contribution is -2.31. The smallest absolute Gasteiger partial charge is 0.360 e. The van der Waals surface area contributed by atoms with E-state index >= 15 is 0 Å². The first-order chi connectivity index (χ1) is 12.5. The normalized spacial score (nSPS) is 13.5. The first-order valence-corrected chi connectivity index (χ1v) is 8.63. The number of anilines is 1. The van der Waals surface area contributed by atoms with E-state index in [4.69, 9.17) is 0 Å². The quantitative estimate of drug-likeness (QED) is 0.787. The molecular formula is C20H20N4O2. The second kappa shape index (κ2) is 6.29. The van der Waals surface area contributed by atoms with E-state index in [0.717, 1.165) is 29.8 Å². The summed E-state index contributed by atoms with van der Waals surface area (Å²) in [5.41, 5.74) is 5.38. The lowest BCUT2D eigenvalue weighted by molar-refractivity contribution is 0.0690. The summed E-state index contributed by atoms with van der Waals surface area (Å²) in [7, 11) is 0. The summed E-state index contributed by atoms with van der Waals surface area (Å²) >= 11 is 0. The summed E-state index contributed by atoms with van der Waals surface area (Å²) in [4.78, 5) is 15.2. The number of carboxylic acid groups (broad SMARTS) is 1. The molecule has 3 aromatic rings. The molecule has 1 N–H and O–H groups in total. The van der Waals surface area contributed by atoms with Gasteiger partial charge in [-0.05, 0) is 48.6 Å². The molecule has 1 aromatic heterocycles. The van der Waals surface area contributed by atoms with E-state index in [2.05, 4.69) is 22.3 Å². The second-order valence-corrected chi connectivity index (χ2v) is 6.70. The van der Waals surface area contributed by atoms with Gasteiger partial charge in [-0.3, -0.25) is 0 Å². The topological polar surface area (TPSA) is 71.2 Å². The fourth-order valence-electron chi connectivity index (χ4n) is 3.37. The monoisotopic (exact) mass is 348 g/mol. The number of carboxylic acids is 1. The van der Waals surface area contributed by atoms with Crippen LogP contribution >= 0.6 is 0 Å². The van der Waals surface area contributed by atoms with Crippen molar-refractivity contribution in [1.29, 1.82) is 0 Å². The third-order valence-electron chi connectivity index (χ3n) is 4.81. The molecular weight excluding hydrogens is 328 g/mol. The molecule has 6 nitrogen and oxygen atoms in total. The maximum Gasteiger partial charge on any atom is 0.360 e. The Labute approximate surface area is 151 Å². The highest BCUT2D eigenvalue weighted by molar-refractivity contribution is 5.91. The van der Waals surface area contributed by atoms with Crippen LogP contribution in [-0.2, 0) is 13.0 Å². The Morgan fingerprint density at radius 3 is 2.62 bits per heavy atom. The van der Waals surface area contributed by atoms with Crippen LogP contribution in [0.4, 0.5) is 5.82 Å². The van der Waals surface area contributed by atoms with E-state index in [0.29, 0.717) is 12.4 Å². The summed E-state index contributed by atoms with van der Waals surface area (Å²) in [6, 6.07) is 14.2. The zero-order valence-corrected chi connectivity index (χ0v) is 14.8. The number of aromatic carboxylic acids is 1. The average Bonchev–Trinajstić information content (AvgIpc) is 3.09. The van der Waals surface area contributed by atoms with Gasteiger partial charge in [-0.15, -0.1) is 15.0 Å². The van der Waals surface area contributed by atoms with E-state index in [1.54, 1.807) is 0 Å². The molecule has 0 bridgehead atoms. The van der Waals surface area contributed by atoms with E-state index in [-0.39, 0.29) is 5.69 Å². The highest BCUT2D eigenvalue weighted by atomic mass is 16.4. The van der Waals surface area contributed by atoms with Crippen molar-refractivity contribution in [3.63, 3.8) is 0 Å². The molecule has 0 atom stereocenters. The number of aryl methyl sites for hydroxylation is 2. The van der Waals surface area contributed by atoms with Crippen molar-refractivity contribution in [2.45, 2.75) is 26.8 Å². The van der Waals surface area contributed by atoms with E-state index in [9.17, 15) is 9.90 Å². The van der Waals surface area contributed by atoms with Gasteiger partial charge in [0.2, 0.25) is 5.69 Å². The van der Waals surface area contributed by atoms with Crippen molar-refractivity contribution in [2.24, 2.45) is 0 Å². The Hall–Kier alpha value is -3.15. The molecule has 0 unspecified atom stereocenters. The van der Waals surface area contributed by atoms with Gasteiger partial charge in [0.1, 0.15) is 0 Å². The van der Waals surface area contributed by atoms with Crippen molar-refractivity contribution in [3.8, 4) is 5.69 Å². The van der Waals surface area contributed by atoms with Gasteiger partial charge < -0.3 is 10.0 Å². The number of hydrogen-bond donors (Lipinski definition) is 1. The fraction of sp³-hybridized carbons (Fsp3) is 0.250. The minimum atomic E-state index is -1.06. The van der Waals surface area contributed by atoms with Crippen molar-refractivity contribution in [2.75, 3.05) is 11.4 Å². The number of rotatable bonds is 3. The molecule has 26 heavy (non-hydrogen) atoms. The minimum Gasteiger partial charge on any atom is -0.476 e. The maximum absolute atomic E-state index is 11.8. The fourth-order valence-corrected chi connectivity index (χ4v) is 3.37. The number of benzene rings is 2. The highest BCUT2D eigenvalue weighted by Gasteiger charge is 2.26. The SMILES string of the molecule is Cc1ccc(C)c(-n2nc(C(=O)O)c(N3CCc4ccccc4C3)n2)c1. The van der Waals surface area contributed by atoms with Gasteiger partial charge in [-0.2, -0.15) is 0 Å². The number of hydrogen-bond acceptors (Lipinski definition) is 4. The Morgan fingerprint density at radius 2 is 1.85 bits per heavy atom. The Kier molecular flexibility index (Phi) is 3.95. The zero-order valence-electron chi connectivity index (χ0n) is 14.8. The third kappa shape index (κ3) is 2.83. The zero-order chi connectivity index (χ0) is 18.3. The summed E-state index contributed by atoms with van der Waals surface area (Å²) in [5, 5.41) is 18.5. The number of fused-ring (bicyclic) bond motifs is 1. The van der Waals surface area contributed by atoms with E-state index in [1.165, 1.54) is 15.9 Å². The molecule has 6 heteroatoms. The van der Waals surface area contributed by atoms with Gasteiger partial charge in [0, 0.05) is 13.1 Å². The third-order valence-corrected chi connectivity index (χ3v) is 4.81. The first kappa shape index (κ1) is 16.3. The Morgan fingerprint density at radius 1 is 1.08 bits per heavy atom. The van der Waals surface area contributed by atoms with Crippen molar-refractivity contribution in [1.82, 2.24) is 15.0 Å². The molecule has 132 valence electrons. The van der Waals surface area contributed by atoms with Gasteiger partial charge in [-0.1, -0.05) is 36.4 Å². The highest BCUT2D eigenvalue weighted by Crippen LogP contribution is 2.26. The summed E-state index contributed by atoms with van der Waals surface area (Å²) in [6.07, 6.45) is 0.867. The van der Waals surface area contributed by atoms with Crippen LogP contribution in [0.2, 0.25) is 0 Å². The first-order valence-electron chi connectivity index (χ1n) is 8.63. The standard InChI is InChI=1S/C20H20N4O2/c1-13-7-8-14(2)17(11-13)24-21-18(20(25)26)19(22-24)23-10-9-15-5-3-4-6-16(15)12-23/h3-8,11H,9-10,12H2,1-2H3,(H,25,26). The molecule has 1 aliphatic rings. The predicted octanol–water partition coefficient (Wildman–Crippen LogP) is 3.15. The minimum absolute atomic E-state index is 0.00899.